The molecule has 1 unspecified atom stereocenters. The Labute approximate surface area is 169 Å². The molecule has 0 fully saturated rings. The van der Waals surface area contributed by atoms with Crippen LogP contribution in [0.25, 0.3) is 16.1 Å². The average Bonchev–Trinajstić information content (AvgIpc) is 2.91. The van der Waals surface area contributed by atoms with E-state index in [1.165, 1.54) is 26.2 Å². The van der Waals surface area contributed by atoms with Crippen LogP contribution in [0.15, 0.2) is 48.0 Å². The van der Waals surface area contributed by atoms with E-state index in [2.05, 4.69) is 0 Å². The minimum Gasteiger partial charge on any atom is -0.494 e. The number of sulfone groups is 1. The number of hydrogen-bond acceptors (Lipinski definition) is 4. The van der Waals surface area contributed by atoms with Gasteiger partial charge >= 0.3 is 5.97 Å². The first kappa shape index (κ1) is 20.8. The Kier molecular flexibility index (Phi) is 5.36. The van der Waals surface area contributed by atoms with Crippen molar-refractivity contribution in [3.63, 3.8) is 0 Å². The average molecular weight is 416 g/mol. The summed E-state index contributed by atoms with van der Waals surface area (Å²) in [6.45, 7) is 3.17. The molecule has 0 aliphatic heterocycles. The topological polar surface area (TPSA) is 80.7 Å². The third-order valence-corrected chi connectivity index (χ3v) is 6.25. The first-order chi connectivity index (χ1) is 13.6. The number of ether oxygens (including phenoxy) is 1. The van der Waals surface area contributed by atoms with Gasteiger partial charge in [0.1, 0.15) is 0 Å². The van der Waals surface area contributed by atoms with Crippen LogP contribution in [-0.2, 0) is 14.6 Å². The number of carboxylic acid groups (broad SMARTS) is 1. The molecule has 1 aliphatic carbocycles. The van der Waals surface area contributed by atoms with E-state index in [1.54, 1.807) is 37.3 Å². The normalized spacial score (nSPS) is 16.4. The number of benzene rings is 2. The zero-order valence-corrected chi connectivity index (χ0v) is 17.3. The zero-order chi connectivity index (χ0) is 21.5. The molecule has 0 saturated heterocycles. The van der Waals surface area contributed by atoms with Crippen LogP contribution in [0.2, 0.25) is 0 Å². The molecule has 2 aromatic carbocycles. The number of hydrogen-bond donors (Lipinski definition) is 1. The first-order valence-electron chi connectivity index (χ1n) is 8.89. The van der Waals surface area contributed by atoms with Crippen molar-refractivity contribution in [2.45, 2.75) is 13.8 Å². The zero-order valence-electron chi connectivity index (χ0n) is 16.5. The van der Waals surface area contributed by atoms with Crippen LogP contribution in [0.1, 0.15) is 30.5 Å². The number of rotatable bonds is 5. The molecule has 0 radical (unpaired) electrons. The van der Waals surface area contributed by atoms with E-state index in [1.807, 2.05) is 0 Å². The lowest BCUT2D eigenvalue weighted by Gasteiger charge is -2.14. The fraction of sp³-hybridized carbons (Fsp3) is 0.227. The van der Waals surface area contributed by atoms with Gasteiger partial charge < -0.3 is 9.84 Å². The molecule has 5 nitrogen and oxygen atoms in total. The number of methoxy groups -OCH3 is 1. The highest BCUT2D eigenvalue weighted by Crippen LogP contribution is 2.50. The van der Waals surface area contributed by atoms with Crippen LogP contribution in [0.3, 0.4) is 0 Å². The van der Waals surface area contributed by atoms with Crippen molar-refractivity contribution < 1.29 is 27.4 Å². The Morgan fingerprint density at radius 3 is 2.28 bits per heavy atom. The summed E-state index contributed by atoms with van der Waals surface area (Å²) >= 11 is 0. The van der Waals surface area contributed by atoms with Crippen molar-refractivity contribution in [2.75, 3.05) is 13.4 Å². The summed E-state index contributed by atoms with van der Waals surface area (Å²) in [7, 11) is -2.39. The Morgan fingerprint density at radius 1 is 1.14 bits per heavy atom. The van der Waals surface area contributed by atoms with E-state index in [0.29, 0.717) is 33.4 Å². The van der Waals surface area contributed by atoms with Gasteiger partial charge in [0, 0.05) is 11.8 Å². The maximum atomic E-state index is 14.5. The van der Waals surface area contributed by atoms with E-state index in [0.717, 1.165) is 6.26 Å². The van der Waals surface area contributed by atoms with Crippen molar-refractivity contribution in [3.05, 3.63) is 70.5 Å². The standard InChI is InChI=1S/C22H21FO5S/c1-12-19(13(2)22(24)25)15-10-17(23)18(28-3)11-16(15)20(12)21(29(4,26)27)14-8-6-5-7-9-14/h5-11,13H,1-4H3,(H,24,25). The molecule has 1 aliphatic rings. The number of allylic oxidation sites excluding steroid dienone is 2. The second-order valence-electron chi connectivity index (χ2n) is 6.97. The van der Waals surface area contributed by atoms with Crippen LogP contribution in [0.5, 0.6) is 5.75 Å². The van der Waals surface area contributed by atoms with E-state index >= 15 is 0 Å². The van der Waals surface area contributed by atoms with Gasteiger partial charge in [0.2, 0.25) is 0 Å². The Hall–Kier alpha value is -2.93. The molecule has 0 amide bonds. The van der Waals surface area contributed by atoms with Crippen molar-refractivity contribution in [1.82, 2.24) is 0 Å². The number of fused-ring (bicyclic) bond motifs is 1. The fourth-order valence-electron chi connectivity index (χ4n) is 3.79. The highest BCUT2D eigenvalue weighted by Gasteiger charge is 2.35. The minimum absolute atomic E-state index is 0.0424. The van der Waals surface area contributed by atoms with Gasteiger partial charge in [-0.2, -0.15) is 0 Å². The van der Waals surface area contributed by atoms with Crippen LogP contribution in [0, 0.1) is 11.7 Å². The van der Waals surface area contributed by atoms with E-state index in [-0.39, 0.29) is 10.7 Å². The smallest absolute Gasteiger partial charge is 0.310 e. The summed E-state index contributed by atoms with van der Waals surface area (Å²) in [5.74, 6) is -2.71. The summed E-state index contributed by atoms with van der Waals surface area (Å²) in [4.78, 5) is 11.8. The van der Waals surface area contributed by atoms with Gasteiger partial charge in [-0.25, -0.2) is 12.8 Å². The predicted octanol–water partition coefficient (Wildman–Crippen LogP) is 4.26. The molecule has 7 heteroatoms. The van der Waals surface area contributed by atoms with Gasteiger partial charge in [-0.3, -0.25) is 4.79 Å². The molecule has 2 aromatic rings. The Balaban J connectivity index is 2.51. The van der Waals surface area contributed by atoms with Crippen molar-refractivity contribution >= 4 is 31.9 Å². The van der Waals surface area contributed by atoms with Crippen LogP contribution in [-0.4, -0.2) is 32.9 Å². The third kappa shape index (κ3) is 3.58. The molecule has 0 bridgehead atoms. The maximum absolute atomic E-state index is 14.5. The summed E-state index contributed by atoms with van der Waals surface area (Å²) < 4.78 is 45.2. The number of carboxylic acids is 1. The molecule has 0 spiro atoms. The Bertz CT molecular complexity index is 1160. The molecule has 152 valence electrons. The number of carbonyl (C=O) groups is 1. The van der Waals surface area contributed by atoms with Crippen molar-refractivity contribution in [3.8, 4) is 5.75 Å². The van der Waals surface area contributed by atoms with E-state index in [4.69, 9.17) is 4.74 Å². The quantitative estimate of drug-likeness (QED) is 0.788. The fourth-order valence-corrected chi connectivity index (χ4v) is 4.98. The number of halogens is 1. The van der Waals surface area contributed by atoms with Gasteiger partial charge in [-0.15, -0.1) is 0 Å². The second-order valence-corrected chi connectivity index (χ2v) is 8.93. The molecule has 0 saturated carbocycles. The van der Waals surface area contributed by atoms with Gasteiger partial charge in [0.15, 0.2) is 21.4 Å². The lowest BCUT2D eigenvalue weighted by atomic mass is 9.93. The highest BCUT2D eigenvalue weighted by atomic mass is 32.2. The van der Waals surface area contributed by atoms with Crippen LogP contribution < -0.4 is 4.74 Å². The first-order valence-corrected chi connectivity index (χ1v) is 10.8. The predicted molar refractivity (Wildman–Crippen MR) is 110 cm³/mol. The number of aliphatic carboxylic acids is 1. The monoisotopic (exact) mass is 416 g/mol. The van der Waals surface area contributed by atoms with Crippen LogP contribution in [0.4, 0.5) is 4.39 Å². The summed E-state index contributed by atoms with van der Waals surface area (Å²) in [6, 6.07) is 11.2. The second kappa shape index (κ2) is 7.48. The molecule has 29 heavy (non-hydrogen) atoms. The van der Waals surface area contributed by atoms with Gasteiger partial charge in [-0.1, -0.05) is 30.3 Å². The Morgan fingerprint density at radius 2 is 1.76 bits per heavy atom. The van der Waals surface area contributed by atoms with Crippen molar-refractivity contribution in [1.29, 1.82) is 0 Å². The summed E-state index contributed by atoms with van der Waals surface area (Å²) in [5.41, 5.74) is 2.53. The SMILES string of the molecule is COc1cc2c(cc1F)C(C(C)C(=O)O)=C(C)C2=C(c1ccccc1)S(C)(=O)=O. The maximum Gasteiger partial charge on any atom is 0.310 e. The summed E-state index contributed by atoms with van der Waals surface area (Å²) in [6.07, 6.45) is 1.11. The molecule has 1 N–H and O–H groups in total. The highest BCUT2D eigenvalue weighted by molar-refractivity contribution is 8.00. The molecular formula is C22H21FO5S. The lowest BCUT2D eigenvalue weighted by Crippen LogP contribution is -2.11. The molecule has 0 heterocycles. The molecular weight excluding hydrogens is 395 g/mol. The summed E-state index contributed by atoms with van der Waals surface area (Å²) in [5, 5.41) is 9.57. The van der Waals surface area contributed by atoms with Crippen LogP contribution >= 0.6 is 0 Å². The molecule has 1 atom stereocenters. The van der Waals surface area contributed by atoms with Gasteiger partial charge in [-0.05, 0) is 53.8 Å². The largest absolute Gasteiger partial charge is 0.494 e. The lowest BCUT2D eigenvalue weighted by molar-refractivity contribution is -0.139. The van der Waals surface area contributed by atoms with Gasteiger partial charge in [0.05, 0.1) is 17.9 Å². The van der Waals surface area contributed by atoms with Gasteiger partial charge in [0.25, 0.3) is 0 Å². The van der Waals surface area contributed by atoms with Crippen molar-refractivity contribution in [2.24, 2.45) is 5.92 Å². The molecule has 0 aromatic heterocycles. The minimum atomic E-state index is -3.71. The van der Waals surface area contributed by atoms with E-state index < -0.39 is 27.5 Å². The van der Waals surface area contributed by atoms with E-state index in [9.17, 15) is 22.7 Å². The molecule has 3 rings (SSSR count). The third-order valence-electron chi connectivity index (χ3n) is 5.07.